The van der Waals surface area contributed by atoms with Gasteiger partial charge in [-0.1, -0.05) is 47.6 Å². The molecule has 0 fully saturated rings. The van der Waals surface area contributed by atoms with Crippen molar-refractivity contribution < 1.29 is 13.7 Å². The Morgan fingerprint density at radius 3 is 2.79 bits per heavy atom. The second kappa shape index (κ2) is 6.69. The van der Waals surface area contributed by atoms with E-state index in [9.17, 15) is 4.39 Å². The highest BCUT2D eigenvalue weighted by Gasteiger charge is 2.28. The summed E-state index contributed by atoms with van der Waals surface area (Å²) in [6.07, 6.45) is 1.35. The van der Waals surface area contributed by atoms with E-state index in [0.717, 1.165) is 16.8 Å². The van der Waals surface area contributed by atoms with Crippen molar-refractivity contribution in [1.29, 1.82) is 0 Å². The van der Waals surface area contributed by atoms with E-state index >= 15 is 0 Å². The van der Waals surface area contributed by atoms with Crippen LogP contribution in [0.25, 0.3) is 23.0 Å². The molecule has 0 N–H and O–H groups in total. The zero-order valence-electron chi connectivity index (χ0n) is 15.2. The number of imidazole rings is 1. The van der Waals surface area contributed by atoms with Gasteiger partial charge in [-0.2, -0.15) is 4.98 Å². The van der Waals surface area contributed by atoms with Gasteiger partial charge < -0.3 is 13.8 Å². The summed E-state index contributed by atoms with van der Waals surface area (Å²) in [6.45, 7) is 2.76. The Balaban J connectivity index is 1.45. The highest BCUT2D eigenvalue weighted by molar-refractivity contribution is 5.62. The molecule has 6 nitrogen and oxygen atoms in total. The van der Waals surface area contributed by atoms with Gasteiger partial charge in [-0.25, -0.2) is 9.37 Å². The second-order valence-electron chi connectivity index (χ2n) is 6.75. The normalized spacial score (nSPS) is 16.1. The Bertz CT molecular complexity index is 1150. The molecule has 28 heavy (non-hydrogen) atoms. The highest BCUT2D eigenvalue weighted by Crippen LogP contribution is 2.32. The standard InChI is InChI=1S/C21H17FN4O2/c1-13-6-2-3-7-14(13)20-24-21(28-25-20)19-17-11-27-18(10-26(17)12-23-19)15-8-4-5-9-16(15)22/h2-9,12,18H,10-11H2,1H3. The first-order valence-corrected chi connectivity index (χ1v) is 9.01. The zero-order valence-corrected chi connectivity index (χ0v) is 15.2. The molecule has 7 heteroatoms. The molecular formula is C21H17FN4O2. The summed E-state index contributed by atoms with van der Waals surface area (Å²) in [6, 6.07) is 14.5. The number of hydrogen-bond acceptors (Lipinski definition) is 5. The van der Waals surface area contributed by atoms with Crippen molar-refractivity contribution in [3.8, 4) is 23.0 Å². The van der Waals surface area contributed by atoms with Crippen molar-refractivity contribution in [2.45, 2.75) is 26.2 Å². The molecule has 1 atom stereocenters. The average Bonchev–Trinajstić information content (AvgIpc) is 3.35. The van der Waals surface area contributed by atoms with Gasteiger partial charge in [0.1, 0.15) is 11.9 Å². The lowest BCUT2D eigenvalue weighted by Crippen LogP contribution is -2.21. The summed E-state index contributed by atoms with van der Waals surface area (Å²) in [5.41, 5.74) is 3.97. The third-order valence-electron chi connectivity index (χ3n) is 5.00. The molecule has 0 spiro atoms. The molecule has 2 aromatic carbocycles. The lowest BCUT2D eigenvalue weighted by Gasteiger charge is -2.25. The van der Waals surface area contributed by atoms with Crippen molar-refractivity contribution in [2.75, 3.05) is 0 Å². The fraction of sp³-hybridized carbons (Fsp3) is 0.190. The van der Waals surface area contributed by atoms with E-state index in [1.54, 1.807) is 18.5 Å². The SMILES string of the molecule is Cc1ccccc1-c1noc(-c2ncn3c2COC(c2ccccc2F)C3)n1. The van der Waals surface area contributed by atoms with Crippen molar-refractivity contribution >= 4 is 0 Å². The maximum Gasteiger partial charge on any atom is 0.278 e. The second-order valence-corrected chi connectivity index (χ2v) is 6.75. The molecule has 0 saturated carbocycles. The molecule has 5 rings (SSSR count). The Morgan fingerprint density at radius 2 is 1.93 bits per heavy atom. The van der Waals surface area contributed by atoms with Crippen molar-refractivity contribution in [3.05, 3.63) is 77.5 Å². The topological polar surface area (TPSA) is 66.0 Å². The van der Waals surface area contributed by atoms with Crippen LogP contribution < -0.4 is 0 Å². The van der Waals surface area contributed by atoms with Crippen LogP contribution in [0.4, 0.5) is 4.39 Å². The summed E-state index contributed by atoms with van der Waals surface area (Å²) in [7, 11) is 0. The van der Waals surface area contributed by atoms with Crippen LogP contribution in [0.2, 0.25) is 0 Å². The van der Waals surface area contributed by atoms with Crippen LogP contribution in [0.1, 0.15) is 22.9 Å². The van der Waals surface area contributed by atoms with E-state index in [0.29, 0.717) is 29.5 Å². The van der Waals surface area contributed by atoms with Crippen LogP contribution in [-0.2, 0) is 17.9 Å². The lowest BCUT2D eigenvalue weighted by molar-refractivity contribution is 0.00126. The average molecular weight is 376 g/mol. The quantitative estimate of drug-likeness (QED) is 0.533. The molecule has 4 aromatic rings. The van der Waals surface area contributed by atoms with E-state index in [4.69, 9.17) is 9.26 Å². The van der Waals surface area contributed by atoms with E-state index in [1.165, 1.54) is 6.07 Å². The number of hydrogen-bond donors (Lipinski definition) is 0. The maximum atomic E-state index is 14.1. The molecule has 0 aliphatic carbocycles. The maximum absolute atomic E-state index is 14.1. The molecule has 0 amide bonds. The number of aryl methyl sites for hydroxylation is 1. The predicted octanol–water partition coefficient (Wildman–Crippen LogP) is 4.32. The van der Waals surface area contributed by atoms with Crippen LogP contribution in [-0.4, -0.2) is 19.7 Å². The Morgan fingerprint density at radius 1 is 1.11 bits per heavy atom. The molecule has 3 heterocycles. The van der Waals surface area contributed by atoms with Crippen molar-refractivity contribution in [2.24, 2.45) is 0 Å². The molecule has 2 aromatic heterocycles. The van der Waals surface area contributed by atoms with Gasteiger partial charge in [-0.05, 0) is 18.6 Å². The van der Waals surface area contributed by atoms with Gasteiger partial charge in [0.2, 0.25) is 5.82 Å². The number of halogens is 1. The monoisotopic (exact) mass is 376 g/mol. The minimum atomic E-state index is -0.360. The molecule has 0 bridgehead atoms. The summed E-state index contributed by atoms with van der Waals surface area (Å²) in [5, 5.41) is 4.10. The first-order chi connectivity index (χ1) is 13.7. The zero-order chi connectivity index (χ0) is 19.1. The van der Waals surface area contributed by atoms with Gasteiger partial charge in [0.15, 0.2) is 5.69 Å². The minimum Gasteiger partial charge on any atom is -0.365 e. The fourth-order valence-corrected chi connectivity index (χ4v) is 3.48. The minimum absolute atomic E-state index is 0.268. The third-order valence-corrected chi connectivity index (χ3v) is 5.00. The van der Waals surface area contributed by atoms with E-state index in [2.05, 4.69) is 15.1 Å². The van der Waals surface area contributed by atoms with Gasteiger partial charge in [0, 0.05) is 11.1 Å². The van der Waals surface area contributed by atoms with Crippen molar-refractivity contribution in [1.82, 2.24) is 19.7 Å². The van der Waals surface area contributed by atoms with E-state index < -0.39 is 0 Å². The van der Waals surface area contributed by atoms with Gasteiger partial charge >= 0.3 is 0 Å². The Kier molecular flexibility index (Phi) is 4.02. The Labute approximate surface area is 160 Å². The molecular weight excluding hydrogens is 359 g/mol. The number of benzene rings is 2. The highest BCUT2D eigenvalue weighted by atomic mass is 19.1. The van der Waals surface area contributed by atoms with E-state index in [1.807, 2.05) is 41.8 Å². The van der Waals surface area contributed by atoms with Gasteiger partial charge in [-0.15, -0.1) is 0 Å². The molecule has 1 aliphatic rings. The van der Waals surface area contributed by atoms with Crippen molar-refractivity contribution in [3.63, 3.8) is 0 Å². The van der Waals surface area contributed by atoms with E-state index in [-0.39, 0.29) is 18.5 Å². The molecule has 140 valence electrons. The first-order valence-electron chi connectivity index (χ1n) is 9.01. The number of ether oxygens (including phenoxy) is 1. The summed E-state index contributed by atoms with van der Waals surface area (Å²) in [4.78, 5) is 8.96. The number of fused-ring (bicyclic) bond motifs is 1. The van der Waals surface area contributed by atoms with Gasteiger partial charge in [-0.3, -0.25) is 0 Å². The largest absolute Gasteiger partial charge is 0.365 e. The van der Waals surface area contributed by atoms with Gasteiger partial charge in [0.25, 0.3) is 5.89 Å². The molecule has 0 saturated heterocycles. The van der Waals surface area contributed by atoms with Crippen LogP contribution in [0.15, 0.2) is 59.4 Å². The van der Waals surface area contributed by atoms with Gasteiger partial charge in [0.05, 0.1) is 25.2 Å². The molecule has 1 unspecified atom stereocenters. The smallest absolute Gasteiger partial charge is 0.278 e. The molecule has 1 aliphatic heterocycles. The summed E-state index contributed by atoms with van der Waals surface area (Å²) in [5.74, 6) is 0.604. The summed E-state index contributed by atoms with van der Waals surface area (Å²) < 4.78 is 27.4. The summed E-state index contributed by atoms with van der Waals surface area (Å²) >= 11 is 0. The van der Waals surface area contributed by atoms with Crippen LogP contribution in [0, 0.1) is 12.7 Å². The molecule has 0 radical (unpaired) electrons. The number of nitrogens with zero attached hydrogens (tertiary/aromatic N) is 4. The lowest BCUT2D eigenvalue weighted by atomic mass is 10.1. The third kappa shape index (κ3) is 2.80. The predicted molar refractivity (Wildman–Crippen MR) is 99.6 cm³/mol. The Hall–Kier alpha value is -3.32. The first kappa shape index (κ1) is 16.8. The van der Waals surface area contributed by atoms with Crippen LogP contribution in [0.5, 0.6) is 0 Å². The fourth-order valence-electron chi connectivity index (χ4n) is 3.48. The van der Waals surface area contributed by atoms with Crippen LogP contribution >= 0.6 is 0 Å². The van der Waals surface area contributed by atoms with Crippen LogP contribution in [0.3, 0.4) is 0 Å². The number of aromatic nitrogens is 4. The number of rotatable bonds is 3.